The van der Waals surface area contributed by atoms with Gasteiger partial charge in [0.15, 0.2) is 0 Å². The minimum absolute atomic E-state index is 0. The Morgan fingerprint density at radius 2 is 1.84 bits per heavy atom. The van der Waals surface area contributed by atoms with Gasteiger partial charge in [-0.05, 0) is 12.1 Å². The van der Waals surface area contributed by atoms with Crippen molar-refractivity contribution in [3.63, 3.8) is 0 Å². The number of nitrogens with zero attached hydrogens (tertiary/aromatic N) is 1. The molecule has 1 rings (SSSR count). The van der Waals surface area contributed by atoms with E-state index in [0.29, 0.717) is 13.0 Å². The number of nitrogens with one attached hydrogen (secondary N) is 2. The Labute approximate surface area is 119 Å². The number of anilines is 1. The fourth-order valence-electron chi connectivity index (χ4n) is 1.39. The Morgan fingerprint density at radius 1 is 1.21 bits per heavy atom. The second kappa shape index (κ2) is 9.22. The zero-order valence-corrected chi connectivity index (χ0v) is 12.0. The average molecular weight is 286 g/mol. The molecule has 2 amide bonds. The number of benzene rings is 1. The van der Waals surface area contributed by atoms with Crippen molar-refractivity contribution in [2.45, 2.75) is 6.42 Å². The fraction of sp³-hybridized carbons (Fsp3) is 0.385. The zero-order valence-electron chi connectivity index (χ0n) is 11.2. The summed E-state index contributed by atoms with van der Waals surface area (Å²) < 4.78 is 0. The molecule has 1 aromatic carbocycles. The predicted octanol–water partition coefficient (Wildman–Crippen LogP) is 1.11. The number of para-hydroxylation sites is 1. The highest BCUT2D eigenvalue weighted by molar-refractivity contribution is 5.85. The summed E-state index contributed by atoms with van der Waals surface area (Å²) >= 11 is 0. The predicted molar refractivity (Wildman–Crippen MR) is 78.5 cm³/mol. The number of halogens is 1. The maximum atomic E-state index is 11.7. The number of hydrogen-bond acceptors (Lipinski definition) is 3. The van der Waals surface area contributed by atoms with Crippen LogP contribution in [0.1, 0.15) is 6.42 Å². The summed E-state index contributed by atoms with van der Waals surface area (Å²) in [7, 11) is 3.28. The molecule has 0 bridgehead atoms. The highest BCUT2D eigenvalue weighted by Gasteiger charge is 2.09. The van der Waals surface area contributed by atoms with Crippen LogP contribution >= 0.6 is 12.4 Å². The molecule has 0 saturated heterocycles. The van der Waals surface area contributed by atoms with E-state index in [4.69, 9.17) is 0 Å². The lowest BCUT2D eigenvalue weighted by molar-refractivity contribution is -0.128. The van der Waals surface area contributed by atoms with E-state index in [9.17, 15) is 9.59 Å². The fourth-order valence-corrected chi connectivity index (χ4v) is 1.39. The molecule has 0 fully saturated rings. The summed E-state index contributed by atoms with van der Waals surface area (Å²) in [5.74, 6) is -0.103. The highest BCUT2D eigenvalue weighted by Crippen LogP contribution is 2.04. The van der Waals surface area contributed by atoms with Gasteiger partial charge in [0.05, 0.1) is 6.54 Å². The summed E-state index contributed by atoms with van der Waals surface area (Å²) in [6.45, 7) is 0.656. The van der Waals surface area contributed by atoms with Crippen LogP contribution in [0.5, 0.6) is 0 Å². The van der Waals surface area contributed by atoms with E-state index >= 15 is 0 Å². The van der Waals surface area contributed by atoms with E-state index in [1.807, 2.05) is 30.3 Å². The lowest BCUT2D eigenvalue weighted by Crippen LogP contribution is -2.35. The van der Waals surface area contributed by atoms with Gasteiger partial charge in [0.1, 0.15) is 0 Å². The van der Waals surface area contributed by atoms with E-state index in [-0.39, 0.29) is 30.8 Å². The second-order valence-electron chi connectivity index (χ2n) is 3.96. The lowest BCUT2D eigenvalue weighted by atomic mass is 10.3. The number of carbonyl (C=O) groups excluding carboxylic acids is 2. The Hall–Kier alpha value is -1.75. The van der Waals surface area contributed by atoms with Gasteiger partial charge in [0, 0.05) is 32.7 Å². The highest BCUT2D eigenvalue weighted by atomic mass is 35.5. The third-order valence-electron chi connectivity index (χ3n) is 2.60. The molecule has 2 N–H and O–H groups in total. The monoisotopic (exact) mass is 285 g/mol. The smallest absolute Gasteiger partial charge is 0.241 e. The minimum atomic E-state index is -0.0642. The lowest BCUT2D eigenvalue weighted by Gasteiger charge is -2.17. The molecule has 0 radical (unpaired) electrons. The van der Waals surface area contributed by atoms with Gasteiger partial charge in [-0.1, -0.05) is 18.2 Å². The Morgan fingerprint density at radius 3 is 2.42 bits per heavy atom. The minimum Gasteiger partial charge on any atom is -0.376 e. The van der Waals surface area contributed by atoms with Gasteiger partial charge in [-0.25, -0.2) is 0 Å². The van der Waals surface area contributed by atoms with Crippen LogP contribution in [0.25, 0.3) is 0 Å². The van der Waals surface area contributed by atoms with Crippen LogP contribution in [0.3, 0.4) is 0 Å². The van der Waals surface area contributed by atoms with E-state index in [2.05, 4.69) is 10.6 Å². The first-order chi connectivity index (χ1) is 8.63. The van der Waals surface area contributed by atoms with E-state index < -0.39 is 0 Å². The molecular weight excluding hydrogens is 266 g/mol. The average Bonchev–Trinajstić information content (AvgIpc) is 2.42. The summed E-state index contributed by atoms with van der Waals surface area (Å²) in [6, 6.07) is 9.53. The van der Waals surface area contributed by atoms with Crippen LogP contribution in [-0.4, -0.2) is 43.9 Å². The normalized spacial score (nSPS) is 9.16. The van der Waals surface area contributed by atoms with Gasteiger partial charge >= 0.3 is 0 Å². The molecule has 6 heteroatoms. The summed E-state index contributed by atoms with van der Waals surface area (Å²) in [5, 5.41) is 5.56. The summed E-state index contributed by atoms with van der Waals surface area (Å²) in [6.07, 6.45) is 0.323. The van der Waals surface area contributed by atoms with Crippen molar-refractivity contribution < 1.29 is 9.59 Å². The molecule has 0 atom stereocenters. The molecule has 0 saturated carbocycles. The Kier molecular flexibility index (Phi) is 8.37. The van der Waals surface area contributed by atoms with Crippen molar-refractivity contribution in [3.8, 4) is 0 Å². The van der Waals surface area contributed by atoms with Crippen molar-refractivity contribution >= 4 is 29.9 Å². The number of amides is 2. The van der Waals surface area contributed by atoms with E-state index in [0.717, 1.165) is 5.69 Å². The second-order valence-corrected chi connectivity index (χ2v) is 3.96. The quantitative estimate of drug-likeness (QED) is 0.823. The van der Waals surface area contributed by atoms with Gasteiger partial charge in [0.25, 0.3) is 0 Å². The Bertz CT molecular complexity index is 398. The molecule has 0 unspecified atom stereocenters. The van der Waals surface area contributed by atoms with E-state index in [1.54, 1.807) is 19.0 Å². The molecule has 0 aliphatic carbocycles. The van der Waals surface area contributed by atoms with Crippen molar-refractivity contribution in [2.75, 3.05) is 32.5 Å². The first-order valence-corrected chi connectivity index (χ1v) is 5.87. The first kappa shape index (κ1) is 17.2. The first-order valence-electron chi connectivity index (χ1n) is 5.87. The molecule has 106 valence electrons. The van der Waals surface area contributed by atoms with Gasteiger partial charge in [-0.15, -0.1) is 12.4 Å². The molecular formula is C13H20ClN3O2. The number of rotatable bonds is 6. The maximum Gasteiger partial charge on any atom is 0.241 e. The standard InChI is InChI=1S/C13H19N3O2.ClH/c1-14-12(17)8-9-16(2)13(18)10-15-11-6-4-3-5-7-11;/h3-7,15H,8-10H2,1-2H3,(H,14,17);1H. The van der Waals surface area contributed by atoms with Gasteiger partial charge < -0.3 is 15.5 Å². The third-order valence-corrected chi connectivity index (χ3v) is 2.60. The van der Waals surface area contributed by atoms with Crippen LogP contribution in [0, 0.1) is 0 Å². The van der Waals surface area contributed by atoms with Crippen LogP contribution in [-0.2, 0) is 9.59 Å². The number of hydrogen-bond donors (Lipinski definition) is 2. The molecule has 5 nitrogen and oxygen atoms in total. The van der Waals surface area contributed by atoms with E-state index in [1.165, 1.54) is 0 Å². The molecule has 1 aromatic rings. The molecule has 0 heterocycles. The van der Waals surface area contributed by atoms with Crippen LogP contribution < -0.4 is 10.6 Å². The largest absolute Gasteiger partial charge is 0.376 e. The van der Waals surface area contributed by atoms with Gasteiger partial charge in [0.2, 0.25) is 11.8 Å². The summed E-state index contributed by atoms with van der Waals surface area (Å²) in [5.41, 5.74) is 0.908. The molecule has 19 heavy (non-hydrogen) atoms. The zero-order chi connectivity index (χ0) is 13.4. The number of likely N-dealkylation sites (N-methyl/N-ethyl adjacent to an activating group) is 1. The number of carbonyl (C=O) groups is 2. The topological polar surface area (TPSA) is 61.4 Å². The van der Waals surface area contributed by atoms with Gasteiger partial charge in [-0.3, -0.25) is 9.59 Å². The van der Waals surface area contributed by atoms with Crippen molar-refractivity contribution in [2.24, 2.45) is 0 Å². The Balaban J connectivity index is 0.00000324. The molecule has 0 aliphatic rings. The SMILES string of the molecule is CNC(=O)CCN(C)C(=O)CNc1ccccc1.Cl. The van der Waals surface area contributed by atoms with Gasteiger partial charge in [-0.2, -0.15) is 0 Å². The molecule has 0 aliphatic heterocycles. The molecule has 0 spiro atoms. The van der Waals surface area contributed by atoms with Crippen LogP contribution in [0.2, 0.25) is 0 Å². The maximum absolute atomic E-state index is 11.7. The molecule has 0 aromatic heterocycles. The van der Waals surface area contributed by atoms with Crippen molar-refractivity contribution in [3.05, 3.63) is 30.3 Å². The van der Waals surface area contributed by atoms with Crippen molar-refractivity contribution in [1.82, 2.24) is 10.2 Å². The summed E-state index contributed by atoms with van der Waals surface area (Å²) in [4.78, 5) is 24.3. The van der Waals surface area contributed by atoms with Crippen LogP contribution in [0.4, 0.5) is 5.69 Å². The van der Waals surface area contributed by atoms with Crippen molar-refractivity contribution in [1.29, 1.82) is 0 Å². The van der Waals surface area contributed by atoms with Crippen LogP contribution in [0.15, 0.2) is 30.3 Å². The third kappa shape index (κ3) is 6.67.